The predicted octanol–water partition coefficient (Wildman–Crippen LogP) is 4.22. The second kappa shape index (κ2) is 6.04. The molecule has 4 nitrogen and oxygen atoms in total. The Morgan fingerprint density at radius 1 is 1.14 bits per heavy atom. The van der Waals surface area contributed by atoms with Crippen LogP contribution in [0.5, 0.6) is 0 Å². The molecule has 0 saturated heterocycles. The maximum atomic E-state index is 12.2. The quantitative estimate of drug-likeness (QED) is 0.752. The van der Waals surface area contributed by atoms with E-state index in [1.54, 1.807) is 42.5 Å². The lowest BCUT2D eigenvalue weighted by Crippen LogP contribution is -2.14. The molecule has 0 aliphatic rings. The highest BCUT2D eigenvalue weighted by atomic mass is 35.5. The van der Waals surface area contributed by atoms with Crippen LogP contribution in [0.2, 0.25) is 10.0 Å². The van der Waals surface area contributed by atoms with Crippen LogP contribution in [0.1, 0.15) is 10.4 Å². The molecular formula is C15H8Cl2N2O2S. The monoisotopic (exact) mass is 350 g/mol. The summed E-state index contributed by atoms with van der Waals surface area (Å²) in [6.45, 7) is 0. The van der Waals surface area contributed by atoms with E-state index in [1.165, 1.54) is 0 Å². The molecule has 1 aromatic heterocycles. The zero-order valence-corrected chi connectivity index (χ0v) is 13.3. The van der Waals surface area contributed by atoms with Gasteiger partial charge in [-0.2, -0.15) is 0 Å². The van der Waals surface area contributed by atoms with Crippen LogP contribution in [0.3, 0.4) is 0 Å². The molecule has 0 saturated carbocycles. The first-order valence-corrected chi connectivity index (χ1v) is 7.78. The van der Waals surface area contributed by atoms with Crippen molar-refractivity contribution >= 4 is 56.5 Å². The molecule has 0 fully saturated rings. The number of rotatable bonds is 2. The number of hydrogen-bond acceptors (Lipinski definition) is 4. The van der Waals surface area contributed by atoms with Crippen LogP contribution in [0, 0.1) is 0 Å². The fourth-order valence-corrected chi connectivity index (χ4v) is 3.04. The molecule has 1 N–H and O–H groups in total. The van der Waals surface area contributed by atoms with Gasteiger partial charge in [-0.15, -0.1) is 0 Å². The first-order chi connectivity index (χ1) is 10.5. The maximum Gasteiger partial charge on any atom is 0.258 e. The molecule has 1 amide bonds. The van der Waals surface area contributed by atoms with E-state index in [-0.39, 0.29) is 9.87 Å². The number of benzene rings is 2. The largest absolute Gasteiger partial charge is 0.298 e. The van der Waals surface area contributed by atoms with Gasteiger partial charge in [-0.3, -0.25) is 14.9 Å². The summed E-state index contributed by atoms with van der Waals surface area (Å²) in [6, 6.07) is 11.5. The summed E-state index contributed by atoms with van der Waals surface area (Å²) in [5.74, 6) is -0.421. The number of nitrogens with zero attached hydrogens (tertiary/aromatic N) is 1. The van der Waals surface area contributed by atoms with E-state index in [0.29, 0.717) is 26.5 Å². The molecule has 22 heavy (non-hydrogen) atoms. The van der Waals surface area contributed by atoms with Gasteiger partial charge < -0.3 is 0 Å². The van der Waals surface area contributed by atoms with Crippen molar-refractivity contribution in [2.75, 3.05) is 5.32 Å². The number of hydrogen-bond donors (Lipinski definition) is 1. The molecule has 3 aromatic rings. The highest BCUT2D eigenvalue weighted by Crippen LogP contribution is 2.21. The third-order valence-electron chi connectivity index (χ3n) is 2.93. The summed E-state index contributed by atoms with van der Waals surface area (Å²) >= 11 is 12.7. The van der Waals surface area contributed by atoms with Gasteiger partial charge in [0.25, 0.3) is 5.91 Å². The molecule has 3 rings (SSSR count). The molecule has 0 unspecified atom stereocenters. The SMILES string of the molecule is O=C(Nc1nc2cc(Cl)ccc2c(=O)s1)c1ccccc1Cl. The second-order valence-electron chi connectivity index (χ2n) is 4.40. The minimum atomic E-state index is -0.421. The van der Waals surface area contributed by atoms with Gasteiger partial charge in [0, 0.05) is 5.02 Å². The molecule has 2 aromatic carbocycles. The number of aromatic nitrogens is 1. The highest BCUT2D eigenvalue weighted by Gasteiger charge is 2.12. The van der Waals surface area contributed by atoms with Gasteiger partial charge in [-0.25, -0.2) is 4.98 Å². The molecule has 110 valence electrons. The van der Waals surface area contributed by atoms with Crippen molar-refractivity contribution in [1.29, 1.82) is 0 Å². The number of anilines is 1. The number of carbonyl (C=O) groups is 1. The Balaban J connectivity index is 1.99. The minimum absolute atomic E-state index is 0.198. The van der Waals surface area contributed by atoms with Crippen LogP contribution >= 0.6 is 34.5 Å². The number of carbonyl (C=O) groups excluding carboxylic acids is 1. The van der Waals surface area contributed by atoms with Gasteiger partial charge in [-0.05, 0) is 30.3 Å². The van der Waals surface area contributed by atoms with Gasteiger partial charge in [0.1, 0.15) is 0 Å². The van der Waals surface area contributed by atoms with Gasteiger partial charge in [0.05, 0.1) is 21.5 Å². The summed E-state index contributed by atoms with van der Waals surface area (Å²) in [5, 5.41) is 4.06. The first kappa shape index (κ1) is 15.0. The average Bonchev–Trinajstić information content (AvgIpc) is 2.47. The van der Waals surface area contributed by atoms with Gasteiger partial charge >= 0.3 is 0 Å². The summed E-state index contributed by atoms with van der Waals surface area (Å²) in [4.78, 5) is 28.5. The van der Waals surface area contributed by atoms with Crippen molar-refractivity contribution in [3.8, 4) is 0 Å². The minimum Gasteiger partial charge on any atom is -0.298 e. The van der Waals surface area contributed by atoms with Gasteiger partial charge in [0.15, 0.2) is 5.13 Å². The molecule has 0 atom stereocenters. The maximum absolute atomic E-state index is 12.2. The van der Waals surface area contributed by atoms with Crippen molar-refractivity contribution in [1.82, 2.24) is 4.98 Å². The second-order valence-corrected chi connectivity index (χ2v) is 6.21. The fraction of sp³-hybridized carbons (Fsp3) is 0. The van der Waals surface area contributed by atoms with Crippen LogP contribution in [-0.2, 0) is 0 Å². The molecular weight excluding hydrogens is 343 g/mol. The van der Waals surface area contributed by atoms with Crippen LogP contribution in [0.25, 0.3) is 10.9 Å². The normalized spacial score (nSPS) is 10.6. The smallest absolute Gasteiger partial charge is 0.258 e. The Hall–Kier alpha value is -1.95. The van der Waals surface area contributed by atoms with E-state index in [0.717, 1.165) is 11.3 Å². The number of nitrogens with one attached hydrogen (secondary N) is 1. The van der Waals surface area contributed by atoms with Gasteiger partial charge in [-0.1, -0.05) is 46.7 Å². The fourth-order valence-electron chi connectivity index (χ4n) is 1.91. The van der Waals surface area contributed by atoms with Crippen LogP contribution < -0.4 is 10.1 Å². The van der Waals surface area contributed by atoms with Gasteiger partial charge in [0.2, 0.25) is 4.74 Å². The van der Waals surface area contributed by atoms with Crippen molar-refractivity contribution in [2.24, 2.45) is 0 Å². The Bertz CT molecular complexity index is 940. The molecule has 0 radical (unpaired) electrons. The molecule has 0 aliphatic carbocycles. The number of amides is 1. The Kier molecular flexibility index (Phi) is 4.11. The molecule has 0 spiro atoms. The van der Waals surface area contributed by atoms with Crippen LogP contribution in [0.4, 0.5) is 5.13 Å². The highest BCUT2D eigenvalue weighted by molar-refractivity contribution is 7.13. The van der Waals surface area contributed by atoms with E-state index in [9.17, 15) is 9.59 Å². The topological polar surface area (TPSA) is 59.1 Å². The zero-order chi connectivity index (χ0) is 15.7. The summed E-state index contributed by atoms with van der Waals surface area (Å²) < 4.78 is -0.198. The predicted molar refractivity (Wildman–Crippen MR) is 90.3 cm³/mol. The number of fused-ring (bicyclic) bond motifs is 1. The molecule has 7 heteroatoms. The molecule has 0 bridgehead atoms. The van der Waals surface area contributed by atoms with E-state index in [4.69, 9.17) is 23.2 Å². The van der Waals surface area contributed by atoms with Crippen LogP contribution in [0.15, 0.2) is 47.3 Å². The summed E-state index contributed by atoms with van der Waals surface area (Å²) in [5.41, 5.74) is 0.752. The molecule has 1 heterocycles. The van der Waals surface area contributed by atoms with E-state index in [1.807, 2.05) is 0 Å². The lowest BCUT2D eigenvalue weighted by molar-refractivity contribution is 0.102. The van der Waals surface area contributed by atoms with Crippen molar-refractivity contribution in [3.05, 3.63) is 67.6 Å². The van der Waals surface area contributed by atoms with Crippen molar-refractivity contribution < 1.29 is 4.79 Å². The summed E-state index contributed by atoms with van der Waals surface area (Å²) in [6.07, 6.45) is 0. The number of halogens is 2. The summed E-state index contributed by atoms with van der Waals surface area (Å²) in [7, 11) is 0. The standard InChI is InChI=1S/C15H8Cl2N2O2S/c16-8-5-6-10-12(7-8)18-15(22-14(10)21)19-13(20)9-3-1-2-4-11(9)17/h1-7H,(H,18,19,20). The van der Waals surface area contributed by atoms with Crippen molar-refractivity contribution in [2.45, 2.75) is 0 Å². The van der Waals surface area contributed by atoms with E-state index >= 15 is 0 Å². The Morgan fingerprint density at radius 3 is 2.68 bits per heavy atom. The third-order valence-corrected chi connectivity index (χ3v) is 4.29. The average molecular weight is 351 g/mol. The Morgan fingerprint density at radius 2 is 1.91 bits per heavy atom. The third kappa shape index (κ3) is 2.97. The van der Waals surface area contributed by atoms with E-state index < -0.39 is 5.91 Å². The lowest BCUT2D eigenvalue weighted by Gasteiger charge is -2.06. The van der Waals surface area contributed by atoms with Crippen molar-refractivity contribution in [3.63, 3.8) is 0 Å². The lowest BCUT2D eigenvalue weighted by atomic mass is 10.2. The first-order valence-electron chi connectivity index (χ1n) is 6.21. The molecule has 0 aliphatic heterocycles. The Labute approximate surface area is 139 Å². The van der Waals surface area contributed by atoms with E-state index in [2.05, 4.69) is 10.3 Å². The van der Waals surface area contributed by atoms with Crippen LogP contribution in [-0.4, -0.2) is 10.9 Å². The zero-order valence-electron chi connectivity index (χ0n) is 11.0.